The van der Waals surface area contributed by atoms with E-state index in [1.54, 1.807) is 0 Å². The van der Waals surface area contributed by atoms with Crippen molar-refractivity contribution < 1.29 is 0 Å². The van der Waals surface area contributed by atoms with Crippen LogP contribution < -0.4 is 0 Å². The zero-order valence-electron chi connectivity index (χ0n) is 6.96. The summed E-state index contributed by atoms with van der Waals surface area (Å²) in [5, 5.41) is 0. The van der Waals surface area contributed by atoms with Crippen molar-refractivity contribution in [1.29, 1.82) is 0 Å². The van der Waals surface area contributed by atoms with E-state index in [1.165, 1.54) is 0 Å². The number of hydrogen-bond acceptors (Lipinski definition) is 1. The second-order valence-electron chi connectivity index (χ2n) is 2.43. The summed E-state index contributed by atoms with van der Waals surface area (Å²) in [5.41, 5.74) is 1.04. The van der Waals surface area contributed by atoms with Crippen LogP contribution in [-0.2, 0) is 0 Å². The van der Waals surface area contributed by atoms with Crippen LogP contribution >= 0.6 is 0 Å². The summed E-state index contributed by atoms with van der Waals surface area (Å²) in [6.45, 7) is 9.67. The van der Waals surface area contributed by atoms with Gasteiger partial charge in [-0.15, -0.1) is 0 Å². The van der Waals surface area contributed by atoms with Crippen LogP contribution in [-0.4, -0.2) is 6.72 Å². The van der Waals surface area contributed by atoms with Crippen molar-refractivity contribution in [3.8, 4) is 0 Å². The second kappa shape index (κ2) is 4.98. The van der Waals surface area contributed by atoms with Gasteiger partial charge in [-0.3, -0.25) is 4.99 Å². The van der Waals surface area contributed by atoms with E-state index in [0.29, 0.717) is 5.92 Å². The van der Waals surface area contributed by atoms with Crippen molar-refractivity contribution in [2.75, 3.05) is 0 Å². The fourth-order valence-corrected chi connectivity index (χ4v) is 0.623. The van der Waals surface area contributed by atoms with Crippen LogP contribution in [0.1, 0.15) is 20.8 Å². The molecule has 0 radical (unpaired) electrons. The molecule has 1 heteroatoms. The van der Waals surface area contributed by atoms with Crippen molar-refractivity contribution in [2.24, 2.45) is 10.9 Å². The molecule has 0 saturated carbocycles. The van der Waals surface area contributed by atoms with Gasteiger partial charge in [0.2, 0.25) is 0 Å². The lowest BCUT2D eigenvalue weighted by Gasteiger charge is -2.01. The number of aliphatic imine (C=N–C) groups is 1. The van der Waals surface area contributed by atoms with E-state index in [2.05, 4.69) is 25.6 Å². The Bertz CT molecular complexity index is 152. The molecule has 0 saturated heterocycles. The molecule has 0 N–H and O–H groups in total. The quantitative estimate of drug-likeness (QED) is 0.419. The number of nitrogens with zero attached hydrogens (tertiary/aromatic N) is 1. The molecule has 0 unspecified atom stereocenters. The lowest BCUT2D eigenvalue weighted by atomic mass is 10.1. The van der Waals surface area contributed by atoms with Gasteiger partial charge in [-0.1, -0.05) is 26.0 Å². The van der Waals surface area contributed by atoms with E-state index >= 15 is 0 Å². The normalized spacial score (nSPS) is 13.0. The Hall–Kier alpha value is -0.850. The molecular weight excluding hydrogens is 122 g/mol. The van der Waals surface area contributed by atoms with Crippen molar-refractivity contribution in [2.45, 2.75) is 20.8 Å². The topological polar surface area (TPSA) is 12.4 Å². The molecule has 0 fully saturated rings. The van der Waals surface area contributed by atoms with Gasteiger partial charge in [-0.2, -0.15) is 0 Å². The average Bonchev–Trinajstić information content (AvgIpc) is 1.89. The van der Waals surface area contributed by atoms with Crippen molar-refractivity contribution in [3.05, 3.63) is 23.9 Å². The third-order valence-electron chi connectivity index (χ3n) is 1.23. The van der Waals surface area contributed by atoms with Crippen LogP contribution in [0.15, 0.2) is 28.9 Å². The van der Waals surface area contributed by atoms with Crippen LogP contribution in [0, 0.1) is 5.92 Å². The molecular formula is C9H15N. The SMILES string of the molecule is C=N/C(=C\C=C/C)C(C)C. The van der Waals surface area contributed by atoms with Crippen LogP contribution in [0.5, 0.6) is 0 Å². The van der Waals surface area contributed by atoms with E-state index in [1.807, 2.05) is 25.2 Å². The highest BCUT2D eigenvalue weighted by atomic mass is 14.7. The molecule has 0 aromatic heterocycles. The zero-order valence-corrected chi connectivity index (χ0v) is 6.96. The Kier molecular flexibility index (Phi) is 4.55. The lowest BCUT2D eigenvalue weighted by molar-refractivity contribution is 0.760. The van der Waals surface area contributed by atoms with Gasteiger partial charge >= 0.3 is 0 Å². The first kappa shape index (κ1) is 9.15. The largest absolute Gasteiger partial charge is 0.269 e. The summed E-state index contributed by atoms with van der Waals surface area (Å²) in [6.07, 6.45) is 5.94. The van der Waals surface area contributed by atoms with Gasteiger partial charge in [-0.05, 0) is 25.6 Å². The summed E-state index contributed by atoms with van der Waals surface area (Å²) in [4.78, 5) is 3.88. The van der Waals surface area contributed by atoms with E-state index in [-0.39, 0.29) is 0 Å². The Labute approximate surface area is 63.2 Å². The Morgan fingerprint density at radius 3 is 2.40 bits per heavy atom. The minimum absolute atomic E-state index is 0.466. The fraction of sp³-hybridized carbons (Fsp3) is 0.444. The molecule has 0 rings (SSSR count). The summed E-state index contributed by atoms with van der Waals surface area (Å²) in [5.74, 6) is 0.466. The minimum Gasteiger partial charge on any atom is -0.269 e. The molecule has 0 amide bonds. The molecule has 0 aliphatic rings. The number of rotatable bonds is 3. The smallest absolute Gasteiger partial charge is 0.0421 e. The van der Waals surface area contributed by atoms with Gasteiger partial charge in [0.05, 0.1) is 0 Å². The van der Waals surface area contributed by atoms with Gasteiger partial charge in [-0.25, -0.2) is 0 Å². The van der Waals surface area contributed by atoms with E-state index < -0.39 is 0 Å². The predicted octanol–water partition coefficient (Wildman–Crippen LogP) is 2.80. The average molecular weight is 137 g/mol. The molecule has 0 aliphatic carbocycles. The van der Waals surface area contributed by atoms with E-state index in [4.69, 9.17) is 0 Å². The molecule has 0 aromatic rings. The van der Waals surface area contributed by atoms with Gasteiger partial charge < -0.3 is 0 Å². The van der Waals surface area contributed by atoms with Gasteiger partial charge in [0.25, 0.3) is 0 Å². The molecule has 1 nitrogen and oxygen atoms in total. The highest BCUT2D eigenvalue weighted by Gasteiger charge is 1.95. The van der Waals surface area contributed by atoms with Crippen molar-refractivity contribution >= 4 is 6.72 Å². The third kappa shape index (κ3) is 3.23. The van der Waals surface area contributed by atoms with Crippen LogP contribution in [0.2, 0.25) is 0 Å². The molecule has 56 valence electrons. The maximum absolute atomic E-state index is 3.88. The predicted molar refractivity (Wildman–Crippen MR) is 47.3 cm³/mol. The van der Waals surface area contributed by atoms with Crippen molar-refractivity contribution in [1.82, 2.24) is 0 Å². The molecule has 0 spiro atoms. The van der Waals surface area contributed by atoms with E-state index in [0.717, 1.165) is 5.70 Å². The second-order valence-corrected chi connectivity index (χ2v) is 2.43. The van der Waals surface area contributed by atoms with Gasteiger partial charge in [0.15, 0.2) is 0 Å². The van der Waals surface area contributed by atoms with Gasteiger partial charge in [0, 0.05) is 5.70 Å². The summed E-state index contributed by atoms with van der Waals surface area (Å²) in [7, 11) is 0. The zero-order chi connectivity index (χ0) is 7.98. The maximum Gasteiger partial charge on any atom is 0.0421 e. The lowest BCUT2D eigenvalue weighted by Crippen LogP contribution is -1.88. The Morgan fingerprint density at radius 1 is 1.50 bits per heavy atom. The maximum atomic E-state index is 3.88. The van der Waals surface area contributed by atoms with Crippen LogP contribution in [0.25, 0.3) is 0 Å². The molecule has 0 aromatic carbocycles. The first-order chi connectivity index (χ1) is 4.72. The fourth-order valence-electron chi connectivity index (χ4n) is 0.623. The first-order valence-corrected chi connectivity index (χ1v) is 3.52. The Morgan fingerprint density at radius 2 is 2.10 bits per heavy atom. The first-order valence-electron chi connectivity index (χ1n) is 3.52. The van der Waals surface area contributed by atoms with E-state index in [9.17, 15) is 0 Å². The molecule has 0 atom stereocenters. The molecule has 0 aliphatic heterocycles. The van der Waals surface area contributed by atoms with Crippen molar-refractivity contribution in [3.63, 3.8) is 0 Å². The van der Waals surface area contributed by atoms with Crippen LogP contribution in [0.3, 0.4) is 0 Å². The minimum atomic E-state index is 0.466. The van der Waals surface area contributed by atoms with Gasteiger partial charge in [0.1, 0.15) is 0 Å². The molecule has 0 heterocycles. The number of hydrogen-bond donors (Lipinski definition) is 0. The summed E-state index contributed by atoms with van der Waals surface area (Å²) in [6, 6.07) is 0. The molecule has 10 heavy (non-hydrogen) atoms. The highest BCUT2D eigenvalue weighted by molar-refractivity contribution is 5.30. The summed E-state index contributed by atoms with van der Waals surface area (Å²) < 4.78 is 0. The highest BCUT2D eigenvalue weighted by Crippen LogP contribution is 2.09. The Balaban J connectivity index is 4.18. The standard InChI is InChI=1S/C9H15N/c1-5-6-7-9(10-4)8(2)3/h5-8H,4H2,1-3H3/b6-5-,9-7-. The number of allylic oxidation sites excluding steroid dienone is 4. The third-order valence-corrected chi connectivity index (χ3v) is 1.23. The van der Waals surface area contributed by atoms with Crippen LogP contribution in [0.4, 0.5) is 0 Å². The molecule has 0 bridgehead atoms. The monoisotopic (exact) mass is 137 g/mol. The summed E-state index contributed by atoms with van der Waals surface area (Å²) >= 11 is 0.